The van der Waals surface area contributed by atoms with Crippen molar-refractivity contribution in [1.29, 1.82) is 0 Å². The number of alkyl halides is 3. The Morgan fingerprint density at radius 1 is 1.00 bits per heavy atom. The number of halogens is 4. The van der Waals surface area contributed by atoms with Crippen molar-refractivity contribution in [3.8, 4) is 11.1 Å². The molecule has 0 aliphatic rings. The van der Waals surface area contributed by atoms with Crippen molar-refractivity contribution < 1.29 is 22.4 Å². The number of anilines is 2. The molecule has 0 aliphatic carbocycles. The van der Waals surface area contributed by atoms with Crippen molar-refractivity contribution in [3.05, 3.63) is 89.0 Å². The molecule has 3 aromatic rings. The minimum Gasteiger partial charge on any atom is -0.378 e. The fourth-order valence-corrected chi connectivity index (χ4v) is 3.03. The molecule has 158 valence electrons. The van der Waals surface area contributed by atoms with Gasteiger partial charge in [-0.05, 0) is 47.5 Å². The molecule has 0 radical (unpaired) electrons. The third-order valence-corrected chi connectivity index (χ3v) is 4.60. The van der Waals surface area contributed by atoms with E-state index in [4.69, 9.17) is 6.57 Å². The number of hydrogen-bond acceptors (Lipinski definition) is 2. The van der Waals surface area contributed by atoms with Gasteiger partial charge >= 0.3 is 6.18 Å². The molecule has 0 saturated heterocycles. The summed E-state index contributed by atoms with van der Waals surface area (Å²) in [6.45, 7) is 6.95. The summed E-state index contributed by atoms with van der Waals surface area (Å²) in [5.41, 5.74) is -0.270. The van der Waals surface area contributed by atoms with Crippen LogP contribution in [-0.2, 0) is 6.18 Å². The average molecular weight is 427 g/mol. The van der Waals surface area contributed by atoms with Gasteiger partial charge in [0.2, 0.25) is 0 Å². The lowest BCUT2D eigenvalue weighted by atomic mass is 9.96. The minimum atomic E-state index is -4.74. The molecule has 0 unspecified atom stereocenters. The summed E-state index contributed by atoms with van der Waals surface area (Å²) in [6.07, 6.45) is -4.74. The highest BCUT2D eigenvalue weighted by Crippen LogP contribution is 2.39. The molecule has 3 rings (SSSR count). The van der Waals surface area contributed by atoms with Crippen LogP contribution in [0.15, 0.2) is 60.7 Å². The first kappa shape index (κ1) is 21.8. The Bertz CT molecular complexity index is 1160. The number of carbonyl (C=O) groups is 1. The fourth-order valence-electron chi connectivity index (χ4n) is 3.03. The zero-order chi connectivity index (χ0) is 22.8. The Labute approximate surface area is 176 Å². The molecular formula is C23H17F4N3O. The Kier molecular flexibility index (Phi) is 5.97. The third kappa shape index (κ3) is 4.83. The van der Waals surface area contributed by atoms with Gasteiger partial charge in [-0.1, -0.05) is 24.3 Å². The Hall–Kier alpha value is -3.86. The lowest BCUT2D eigenvalue weighted by Crippen LogP contribution is -2.14. The molecule has 0 aliphatic heterocycles. The van der Waals surface area contributed by atoms with E-state index in [0.717, 1.165) is 30.0 Å². The molecule has 0 spiro atoms. The normalized spacial score (nSPS) is 11.0. The van der Waals surface area contributed by atoms with E-state index < -0.39 is 29.2 Å². The average Bonchev–Trinajstić information content (AvgIpc) is 2.73. The lowest BCUT2D eigenvalue weighted by molar-refractivity contribution is -0.136. The summed E-state index contributed by atoms with van der Waals surface area (Å²) in [5.74, 6) is -1.37. The van der Waals surface area contributed by atoms with E-state index in [-0.39, 0.29) is 16.7 Å². The number of nitrogens with zero attached hydrogens (tertiary/aromatic N) is 2. The summed E-state index contributed by atoms with van der Waals surface area (Å²) in [6, 6.07) is 13.3. The van der Waals surface area contributed by atoms with E-state index >= 15 is 0 Å². The van der Waals surface area contributed by atoms with Crippen LogP contribution in [-0.4, -0.2) is 20.0 Å². The van der Waals surface area contributed by atoms with E-state index in [9.17, 15) is 22.4 Å². The van der Waals surface area contributed by atoms with Crippen molar-refractivity contribution in [2.45, 2.75) is 6.18 Å². The van der Waals surface area contributed by atoms with Crippen molar-refractivity contribution in [2.24, 2.45) is 0 Å². The standard InChI is InChI=1S/C23H17F4N3O/c1-28-21-11-4-14(12-20(21)23(25,26)27)18-10-5-15(24)13-19(18)22(31)29-16-6-8-17(9-7-16)30(2)3/h4-13H,2-3H3,(H,29,31). The second-order valence-electron chi connectivity index (χ2n) is 6.93. The second-order valence-corrected chi connectivity index (χ2v) is 6.93. The highest BCUT2D eigenvalue weighted by molar-refractivity contribution is 6.08. The highest BCUT2D eigenvalue weighted by Gasteiger charge is 2.34. The summed E-state index contributed by atoms with van der Waals surface area (Å²) in [4.78, 5) is 17.6. The first-order chi connectivity index (χ1) is 14.6. The Morgan fingerprint density at radius 2 is 1.68 bits per heavy atom. The zero-order valence-corrected chi connectivity index (χ0v) is 16.6. The molecule has 0 saturated carbocycles. The van der Waals surface area contributed by atoms with E-state index in [0.29, 0.717) is 5.69 Å². The second kappa shape index (κ2) is 8.48. The predicted molar refractivity (Wildman–Crippen MR) is 112 cm³/mol. The molecule has 1 N–H and O–H groups in total. The van der Waals surface area contributed by atoms with Crippen LogP contribution in [0, 0.1) is 12.4 Å². The van der Waals surface area contributed by atoms with Crippen LogP contribution in [0.25, 0.3) is 16.0 Å². The van der Waals surface area contributed by atoms with E-state index in [1.54, 1.807) is 24.3 Å². The van der Waals surface area contributed by atoms with Crippen molar-refractivity contribution >= 4 is 23.0 Å². The van der Waals surface area contributed by atoms with Gasteiger partial charge in [0.05, 0.1) is 17.7 Å². The van der Waals surface area contributed by atoms with Crippen molar-refractivity contribution in [2.75, 3.05) is 24.3 Å². The van der Waals surface area contributed by atoms with Crippen molar-refractivity contribution in [3.63, 3.8) is 0 Å². The zero-order valence-electron chi connectivity index (χ0n) is 16.6. The predicted octanol–water partition coefficient (Wildman–Crippen LogP) is 6.38. The van der Waals surface area contributed by atoms with E-state index in [2.05, 4.69) is 10.2 Å². The molecule has 8 heteroatoms. The molecule has 31 heavy (non-hydrogen) atoms. The van der Waals surface area contributed by atoms with Gasteiger partial charge in [-0.15, -0.1) is 0 Å². The van der Waals surface area contributed by atoms with E-state index in [1.807, 2.05) is 19.0 Å². The van der Waals surface area contributed by atoms with Crippen LogP contribution in [0.2, 0.25) is 0 Å². The minimum absolute atomic E-state index is 0.0489. The maximum absolute atomic E-state index is 13.9. The first-order valence-corrected chi connectivity index (χ1v) is 9.07. The van der Waals surface area contributed by atoms with Gasteiger partial charge in [-0.25, -0.2) is 9.24 Å². The summed E-state index contributed by atoms with van der Waals surface area (Å²) < 4.78 is 53.9. The Morgan fingerprint density at radius 3 is 2.26 bits per heavy atom. The molecule has 0 bridgehead atoms. The topological polar surface area (TPSA) is 36.7 Å². The molecular weight excluding hydrogens is 410 g/mol. The van der Waals surface area contributed by atoms with Crippen LogP contribution >= 0.6 is 0 Å². The smallest absolute Gasteiger partial charge is 0.378 e. The van der Waals surface area contributed by atoms with Gasteiger partial charge in [0.1, 0.15) is 5.82 Å². The summed E-state index contributed by atoms with van der Waals surface area (Å²) in [5, 5.41) is 2.63. The molecule has 4 nitrogen and oxygen atoms in total. The number of nitrogens with one attached hydrogen (secondary N) is 1. The van der Waals surface area contributed by atoms with Crippen LogP contribution < -0.4 is 10.2 Å². The maximum atomic E-state index is 13.9. The van der Waals surface area contributed by atoms with Crippen LogP contribution in [0.3, 0.4) is 0 Å². The lowest BCUT2D eigenvalue weighted by Gasteiger charge is -2.15. The van der Waals surface area contributed by atoms with Gasteiger partial charge < -0.3 is 10.2 Å². The van der Waals surface area contributed by atoms with Crippen LogP contribution in [0.1, 0.15) is 15.9 Å². The Balaban J connectivity index is 2.01. The number of carbonyl (C=O) groups excluding carboxylic acids is 1. The first-order valence-electron chi connectivity index (χ1n) is 9.07. The number of amides is 1. The molecule has 1 amide bonds. The fraction of sp³-hybridized carbons (Fsp3) is 0.130. The van der Waals surface area contributed by atoms with Gasteiger partial charge in [0.15, 0.2) is 5.69 Å². The largest absolute Gasteiger partial charge is 0.407 e. The van der Waals surface area contributed by atoms with Gasteiger partial charge in [-0.3, -0.25) is 4.79 Å². The quantitative estimate of drug-likeness (QED) is 0.387. The van der Waals surface area contributed by atoms with Crippen molar-refractivity contribution in [1.82, 2.24) is 0 Å². The summed E-state index contributed by atoms with van der Waals surface area (Å²) >= 11 is 0. The number of hydrogen-bond donors (Lipinski definition) is 1. The molecule has 0 fully saturated rings. The molecule has 0 atom stereocenters. The monoisotopic (exact) mass is 427 g/mol. The third-order valence-electron chi connectivity index (χ3n) is 4.60. The molecule has 3 aromatic carbocycles. The van der Waals surface area contributed by atoms with Crippen LogP contribution in [0.5, 0.6) is 0 Å². The van der Waals surface area contributed by atoms with E-state index in [1.165, 1.54) is 12.1 Å². The maximum Gasteiger partial charge on any atom is 0.407 e. The number of rotatable bonds is 4. The highest BCUT2D eigenvalue weighted by atomic mass is 19.4. The number of benzene rings is 3. The molecule has 0 aromatic heterocycles. The van der Waals surface area contributed by atoms with Crippen LogP contribution in [0.4, 0.5) is 34.6 Å². The van der Waals surface area contributed by atoms with Gasteiger partial charge in [-0.2, -0.15) is 13.2 Å². The SMILES string of the molecule is [C-]#[N+]c1ccc(-c2ccc(F)cc2C(=O)Nc2ccc(N(C)C)cc2)cc1C(F)(F)F. The van der Waals surface area contributed by atoms with Gasteiger partial charge in [0.25, 0.3) is 5.91 Å². The summed E-state index contributed by atoms with van der Waals surface area (Å²) in [7, 11) is 3.72. The molecule has 0 heterocycles. The van der Waals surface area contributed by atoms with Gasteiger partial charge in [0, 0.05) is 25.5 Å².